The number of carbonyl (C=O) groups excluding carboxylic acids is 1. The van der Waals surface area contributed by atoms with Gasteiger partial charge < -0.3 is 16.0 Å². The van der Waals surface area contributed by atoms with Gasteiger partial charge in [-0.2, -0.15) is 4.68 Å². The Morgan fingerprint density at radius 1 is 1.38 bits per heavy atom. The van der Waals surface area contributed by atoms with Crippen LogP contribution < -0.4 is 11.1 Å². The third-order valence-corrected chi connectivity index (χ3v) is 5.10. The number of amides is 1. The summed E-state index contributed by atoms with van der Waals surface area (Å²) in [5.74, 6) is 0.527. The lowest BCUT2D eigenvalue weighted by Crippen LogP contribution is -2.56. The van der Waals surface area contributed by atoms with Crippen LogP contribution in [0.3, 0.4) is 0 Å². The number of likely N-dealkylation sites (tertiary alicyclic amines) is 1. The molecule has 1 saturated heterocycles. The highest BCUT2D eigenvalue weighted by Gasteiger charge is 2.37. The molecule has 1 amide bonds. The molecule has 3 rings (SSSR count). The molecule has 2 atom stereocenters. The van der Waals surface area contributed by atoms with E-state index in [0.29, 0.717) is 25.5 Å². The summed E-state index contributed by atoms with van der Waals surface area (Å²) in [7, 11) is 0. The first kappa shape index (κ1) is 18.3. The summed E-state index contributed by atoms with van der Waals surface area (Å²) < 4.78 is 1.60. The number of rotatable bonds is 5. The van der Waals surface area contributed by atoms with Gasteiger partial charge in [-0.25, -0.2) is 0 Å². The molecule has 26 heavy (non-hydrogen) atoms. The predicted molar refractivity (Wildman–Crippen MR) is 99.8 cm³/mol. The Bertz CT molecular complexity index is 743. The van der Waals surface area contributed by atoms with E-state index in [4.69, 9.17) is 5.73 Å². The average Bonchev–Trinajstić information content (AvgIpc) is 3.10. The van der Waals surface area contributed by atoms with Crippen LogP contribution in [0.4, 0.5) is 5.95 Å². The molecule has 0 radical (unpaired) electrons. The van der Waals surface area contributed by atoms with Crippen molar-refractivity contribution in [2.75, 3.05) is 18.4 Å². The lowest BCUT2D eigenvalue weighted by molar-refractivity contribution is -0.135. The highest BCUT2D eigenvalue weighted by molar-refractivity contribution is 5.84. The third-order valence-electron chi connectivity index (χ3n) is 5.10. The topological polar surface area (TPSA) is 102 Å². The molecule has 0 bridgehead atoms. The van der Waals surface area contributed by atoms with Crippen molar-refractivity contribution in [1.29, 1.82) is 0 Å². The summed E-state index contributed by atoms with van der Waals surface area (Å²) in [6.45, 7) is 7.55. The van der Waals surface area contributed by atoms with E-state index >= 15 is 0 Å². The van der Waals surface area contributed by atoms with Crippen molar-refractivity contribution in [2.45, 2.75) is 45.7 Å². The van der Waals surface area contributed by atoms with Gasteiger partial charge in [-0.05, 0) is 40.8 Å². The van der Waals surface area contributed by atoms with E-state index in [1.165, 1.54) is 0 Å². The Labute approximate surface area is 153 Å². The van der Waals surface area contributed by atoms with Crippen molar-refractivity contribution < 1.29 is 4.79 Å². The number of benzene rings is 1. The number of piperidine rings is 1. The number of tetrazole rings is 1. The number of anilines is 1. The minimum absolute atomic E-state index is 0.0649. The molecule has 0 saturated carbocycles. The van der Waals surface area contributed by atoms with Crippen molar-refractivity contribution in [2.24, 2.45) is 11.1 Å². The zero-order valence-electron chi connectivity index (χ0n) is 15.6. The van der Waals surface area contributed by atoms with Gasteiger partial charge in [-0.1, -0.05) is 44.1 Å². The lowest BCUT2D eigenvalue weighted by Gasteiger charge is -2.43. The van der Waals surface area contributed by atoms with Gasteiger partial charge in [0, 0.05) is 19.1 Å². The van der Waals surface area contributed by atoms with Crippen LogP contribution in [0.2, 0.25) is 0 Å². The van der Waals surface area contributed by atoms with Gasteiger partial charge in [-0.15, -0.1) is 0 Å². The first-order valence-corrected chi connectivity index (χ1v) is 9.07. The fraction of sp³-hybridized carbons (Fsp3) is 0.556. The minimum atomic E-state index is -0.381. The first-order chi connectivity index (χ1) is 12.4. The fourth-order valence-corrected chi connectivity index (χ4v) is 3.30. The van der Waals surface area contributed by atoms with Crippen LogP contribution in [-0.2, 0) is 4.79 Å². The van der Waals surface area contributed by atoms with Crippen LogP contribution in [0.5, 0.6) is 0 Å². The second-order valence-corrected chi connectivity index (χ2v) is 7.50. The Hall–Kier alpha value is -2.48. The van der Waals surface area contributed by atoms with Crippen LogP contribution in [-0.4, -0.2) is 56.2 Å². The first-order valence-electron chi connectivity index (χ1n) is 9.07. The van der Waals surface area contributed by atoms with Crippen molar-refractivity contribution in [3.8, 4) is 5.69 Å². The summed E-state index contributed by atoms with van der Waals surface area (Å²) in [6, 6.07) is 9.34. The van der Waals surface area contributed by atoms with Gasteiger partial charge in [0.2, 0.25) is 11.9 Å². The van der Waals surface area contributed by atoms with E-state index in [0.717, 1.165) is 12.1 Å². The molecule has 0 spiro atoms. The van der Waals surface area contributed by atoms with Crippen molar-refractivity contribution >= 4 is 11.9 Å². The van der Waals surface area contributed by atoms with Crippen LogP contribution in [0, 0.1) is 5.41 Å². The van der Waals surface area contributed by atoms with Gasteiger partial charge in [-0.3, -0.25) is 4.79 Å². The summed E-state index contributed by atoms with van der Waals surface area (Å²) in [6.07, 6.45) is 1.46. The van der Waals surface area contributed by atoms with E-state index in [-0.39, 0.29) is 23.4 Å². The maximum atomic E-state index is 13.0. The van der Waals surface area contributed by atoms with Gasteiger partial charge in [0.1, 0.15) is 6.04 Å². The smallest absolute Gasteiger partial charge is 0.248 e. The van der Waals surface area contributed by atoms with E-state index in [2.05, 4.69) is 34.7 Å². The molecule has 1 fully saturated rings. The summed E-state index contributed by atoms with van der Waals surface area (Å²) in [5, 5.41) is 15.0. The number of carbonyl (C=O) groups is 1. The molecule has 2 unspecified atom stereocenters. The lowest BCUT2D eigenvalue weighted by atomic mass is 9.79. The van der Waals surface area contributed by atoms with Crippen molar-refractivity contribution in [3.63, 3.8) is 0 Å². The number of nitrogens with zero attached hydrogens (tertiary/aromatic N) is 5. The summed E-state index contributed by atoms with van der Waals surface area (Å²) >= 11 is 0. The fourth-order valence-electron chi connectivity index (χ4n) is 3.30. The Morgan fingerprint density at radius 2 is 2.12 bits per heavy atom. The third kappa shape index (κ3) is 3.70. The Balaban J connectivity index is 1.75. The van der Waals surface area contributed by atoms with Gasteiger partial charge in [0.15, 0.2) is 0 Å². The molecule has 1 aliphatic heterocycles. The summed E-state index contributed by atoms with van der Waals surface area (Å²) in [5.41, 5.74) is 6.95. The van der Waals surface area contributed by atoms with Gasteiger partial charge in [0.05, 0.1) is 5.69 Å². The number of para-hydroxylation sites is 1. The average molecular weight is 357 g/mol. The highest BCUT2D eigenvalue weighted by Crippen LogP contribution is 2.28. The Morgan fingerprint density at radius 3 is 2.77 bits per heavy atom. The molecule has 140 valence electrons. The molecule has 8 heteroatoms. The highest BCUT2D eigenvalue weighted by atomic mass is 16.2. The molecular formula is C18H27N7O. The maximum Gasteiger partial charge on any atom is 0.248 e. The van der Waals surface area contributed by atoms with Crippen molar-refractivity contribution in [3.05, 3.63) is 30.3 Å². The summed E-state index contributed by atoms with van der Waals surface area (Å²) in [4.78, 5) is 14.9. The van der Waals surface area contributed by atoms with Crippen LogP contribution >= 0.6 is 0 Å². The largest absolute Gasteiger partial charge is 0.341 e. The predicted octanol–water partition coefficient (Wildman–Crippen LogP) is 1.44. The Kier molecular flexibility index (Phi) is 5.22. The second kappa shape index (κ2) is 7.41. The number of hydrogen-bond donors (Lipinski definition) is 2. The number of nitrogens with one attached hydrogen (secondary N) is 1. The van der Waals surface area contributed by atoms with Gasteiger partial charge in [0.25, 0.3) is 0 Å². The van der Waals surface area contributed by atoms with E-state index in [1.807, 2.05) is 42.2 Å². The second-order valence-electron chi connectivity index (χ2n) is 7.50. The monoisotopic (exact) mass is 357 g/mol. The molecule has 2 heterocycles. The van der Waals surface area contributed by atoms with Gasteiger partial charge >= 0.3 is 0 Å². The van der Waals surface area contributed by atoms with Crippen LogP contribution in [0.25, 0.3) is 5.69 Å². The molecule has 1 aliphatic rings. The SMILES string of the molecule is CCC(Nc1nnnn1-c1ccccc1)C(=O)N1CCC(N)C(C)(C)C1. The quantitative estimate of drug-likeness (QED) is 0.839. The molecule has 3 N–H and O–H groups in total. The number of hydrogen-bond acceptors (Lipinski definition) is 6. The number of nitrogens with two attached hydrogens (primary N) is 1. The van der Waals surface area contributed by atoms with Crippen LogP contribution in [0.15, 0.2) is 30.3 Å². The molecule has 1 aromatic heterocycles. The minimum Gasteiger partial charge on any atom is -0.341 e. The normalized spacial score (nSPS) is 20.6. The van der Waals surface area contributed by atoms with E-state index in [9.17, 15) is 4.79 Å². The zero-order chi connectivity index (χ0) is 18.7. The van der Waals surface area contributed by atoms with Crippen molar-refractivity contribution in [1.82, 2.24) is 25.1 Å². The molecular weight excluding hydrogens is 330 g/mol. The van der Waals surface area contributed by atoms with Crippen LogP contribution in [0.1, 0.15) is 33.6 Å². The standard InChI is InChI=1S/C18H27N7O/c1-4-14(16(26)24-11-10-15(19)18(2,3)12-24)20-17-21-22-23-25(17)13-8-6-5-7-9-13/h5-9,14-15H,4,10-12,19H2,1-3H3,(H,20,21,23). The van der Waals surface area contributed by atoms with E-state index < -0.39 is 0 Å². The molecule has 0 aliphatic carbocycles. The van der Waals surface area contributed by atoms with E-state index in [1.54, 1.807) is 4.68 Å². The molecule has 8 nitrogen and oxygen atoms in total. The maximum absolute atomic E-state index is 13.0. The number of aromatic nitrogens is 4. The molecule has 2 aromatic rings. The zero-order valence-corrected chi connectivity index (χ0v) is 15.6. The molecule has 1 aromatic carbocycles.